The lowest BCUT2D eigenvalue weighted by Gasteiger charge is -2.08. The van der Waals surface area contributed by atoms with E-state index in [1.165, 1.54) is 29.3 Å². The fraction of sp³-hybridized carbons (Fsp3) is 0.211. The average Bonchev–Trinajstić information content (AvgIpc) is 3.19. The van der Waals surface area contributed by atoms with Gasteiger partial charge in [-0.2, -0.15) is 0 Å². The fourth-order valence-electron chi connectivity index (χ4n) is 3.51. The Balaban J connectivity index is 1.76. The van der Waals surface area contributed by atoms with Crippen molar-refractivity contribution in [2.75, 3.05) is 0 Å². The molecule has 130 valence electrons. The monoisotopic (exact) mass is 349 g/mol. The predicted octanol–water partition coefficient (Wildman–Crippen LogP) is 2.60. The maximum atomic E-state index is 12.3. The van der Waals surface area contributed by atoms with Crippen molar-refractivity contribution in [3.8, 4) is 0 Å². The van der Waals surface area contributed by atoms with Crippen molar-refractivity contribution in [2.45, 2.75) is 25.2 Å². The zero-order chi connectivity index (χ0) is 18.3. The average molecular weight is 349 g/mol. The van der Waals surface area contributed by atoms with Crippen LogP contribution in [0.1, 0.15) is 29.0 Å². The van der Waals surface area contributed by atoms with Crippen molar-refractivity contribution in [1.82, 2.24) is 5.32 Å². The maximum Gasteiger partial charge on any atom is 0.273 e. The molecule has 1 N–H and O–H groups in total. The van der Waals surface area contributed by atoms with Crippen LogP contribution in [0.25, 0.3) is 0 Å². The molecule has 7 heteroatoms. The number of carbonyl (C=O) groups is 2. The van der Waals surface area contributed by atoms with Gasteiger partial charge in [0.1, 0.15) is 11.6 Å². The number of nitrogens with one attached hydrogen (secondary N) is 1. The van der Waals surface area contributed by atoms with E-state index in [4.69, 9.17) is 0 Å². The van der Waals surface area contributed by atoms with Crippen LogP contribution in [0.4, 0.5) is 11.4 Å². The minimum absolute atomic E-state index is 0.0634. The molecule has 0 aromatic heterocycles. The molecule has 1 aliphatic heterocycles. The molecule has 2 aromatic rings. The Kier molecular flexibility index (Phi) is 3.84. The number of nitrogens with zero attached hydrogens (tertiary/aromatic N) is 2. The van der Waals surface area contributed by atoms with Gasteiger partial charge in [-0.15, -0.1) is 0 Å². The second kappa shape index (κ2) is 6.18. The summed E-state index contributed by atoms with van der Waals surface area (Å²) in [6, 6.07) is 11.5. The smallest absolute Gasteiger partial charge is 0.273 e. The van der Waals surface area contributed by atoms with Gasteiger partial charge in [0, 0.05) is 12.1 Å². The first-order valence-electron chi connectivity index (χ1n) is 8.33. The number of aryl methyl sites for hydroxylation is 2. The van der Waals surface area contributed by atoms with Crippen molar-refractivity contribution >= 4 is 28.9 Å². The highest BCUT2D eigenvalue weighted by atomic mass is 16.6. The van der Waals surface area contributed by atoms with Gasteiger partial charge in [0.15, 0.2) is 0 Å². The predicted molar refractivity (Wildman–Crippen MR) is 94.5 cm³/mol. The summed E-state index contributed by atoms with van der Waals surface area (Å²) in [5.74, 6) is -2.03. The molecule has 1 saturated heterocycles. The number of amides is 2. The number of fused-ring (bicyclic) bond motifs is 1. The summed E-state index contributed by atoms with van der Waals surface area (Å²) in [7, 11) is 0. The minimum atomic E-state index is -0.948. The molecule has 2 aliphatic rings. The molecule has 0 saturated carbocycles. The molecule has 1 heterocycles. The van der Waals surface area contributed by atoms with Crippen LogP contribution < -0.4 is 5.32 Å². The number of aliphatic imine (C=N–C) groups is 1. The van der Waals surface area contributed by atoms with E-state index in [0.29, 0.717) is 11.3 Å². The maximum absolute atomic E-state index is 12.3. The summed E-state index contributed by atoms with van der Waals surface area (Å²) in [6.45, 7) is 0. The van der Waals surface area contributed by atoms with E-state index in [1.54, 1.807) is 6.07 Å². The molecule has 1 aliphatic carbocycles. The van der Waals surface area contributed by atoms with Crippen LogP contribution in [0.15, 0.2) is 47.5 Å². The standard InChI is InChI=1S/C19H15N3O4/c23-18-16(13-5-2-6-15(10-13)22(25)26)17(19(24)21-18)20-14-8-7-11-3-1-4-12(11)9-14/h2,5-10,16H,1,3-4H2,(H,21,23,24). The number of hydrogen-bond acceptors (Lipinski definition) is 5. The normalized spacial score (nSPS) is 20.3. The van der Waals surface area contributed by atoms with E-state index >= 15 is 0 Å². The molecule has 26 heavy (non-hydrogen) atoms. The van der Waals surface area contributed by atoms with Gasteiger partial charge in [-0.05, 0) is 48.1 Å². The van der Waals surface area contributed by atoms with E-state index < -0.39 is 22.7 Å². The quantitative estimate of drug-likeness (QED) is 0.523. The van der Waals surface area contributed by atoms with E-state index in [0.717, 1.165) is 19.3 Å². The summed E-state index contributed by atoms with van der Waals surface area (Å²) < 4.78 is 0. The van der Waals surface area contributed by atoms with Gasteiger partial charge < -0.3 is 0 Å². The van der Waals surface area contributed by atoms with Crippen molar-refractivity contribution in [3.05, 3.63) is 69.3 Å². The lowest BCUT2D eigenvalue weighted by atomic mass is 9.95. The Morgan fingerprint density at radius 3 is 2.69 bits per heavy atom. The van der Waals surface area contributed by atoms with Crippen LogP contribution in [0.2, 0.25) is 0 Å². The number of hydrogen-bond donors (Lipinski definition) is 1. The van der Waals surface area contributed by atoms with Gasteiger partial charge in [-0.1, -0.05) is 18.2 Å². The Hall–Kier alpha value is -3.35. The molecule has 1 unspecified atom stereocenters. The highest BCUT2D eigenvalue weighted by Gasteiger charge is 2.39. The summed E-state index contributed by atoms with van der Waals surface area (Å²) in [4.78, 5) is 39.4. The second-order valence-electron chi connectivity index (χ2n) is 6.41. The number of benzene rings is 2. The Labute approximate surface area is 148 Å². The third kappa shape index (κ3) is 2.77. The minimum Gasteiger partial charge on any atom is -0.290 e. The molecule has 0 bridgehead atoms. The molecule has 1 atom stereocenters. The summed E-state index contributed by atoms with van der Waals surface area (Å²) in [6.07, 6.45) is 3.12. The van der Waals surface area contributed by atoms with Crippen molar-refractivity contribution in [1.29, 1.82) is 0 Å². The lowest BCUT2D eigenvalue weighted by Crippen LogP contribution is -2.22. The Morgan fingerprint density at radius 2 is 1.88 bits per heavy atom. The molecule has 7 nitrogen and oxygen atoms in total. The number of nitro groups is 1. The first-order chi connectivity index (χ1) is 12.5. The SMILES string of the molecule is O=C1NC(=O)C(c2cccc([N+](=O)[O-])c2)C1=Nc1ccc2c(c1)CCC2. The van der Waals surface area contributed by atoms with E-state index in [9.17, 15) is 19.7 Å². The van der Waals surface area contributed by atoms with Gasteiger partial charge in [0.2, 0.25) is 5.91 Å². The van der Waals surface area contributed by atoms with Crippen LogP contribution in [0.5, 0.6) is 0 Å². The topological polar surface area (TPSA) is 102 Å². The largest absolute Gasteiger partial charge is 0.290 e. The summed E-state index contributed by atoms with van der Waals surface area (Å²) in [5, 5.41) is 13.3. The van der Waals surface area contributed by atoms with Crippen LogP contribution in [-0.2, 0) is 22.4 Å². The molecular weight excluding hydrogens is 334 g/mol. The third-order valence-corrected chi connectivity index (χ3v) is 4.75. The molecule has 2 amide bonds. The van der Waals surface area contributed by atoms with E-state index in [-0.39, 0.29) is 11.4 Å². The third-order valence-electron chi connectivity index (χ3n) is 4.75. The molecule has 4 rings (SSSR count). The van der Waals surface area contributed by atoms with Gasteiger partial charge in [0.05, 0.1) is 10.6 Å². The zero-order valence-corrected chi connectivity index (χ0v) is 13.8. The van der Waals surface area contributed by atoms with Crippen LogP contribution in [-0.4, -0.2) is 22.4 Å². The number of nitro benzene ring substituents is 1. The second-order valence-corrected chi connectivity index (χ2v) is 6.41. The number of imide groups is 1. The van der Waals surface area contributed by atoms with Gasteiger partial charge >= 0.3 is 0 Å². The first kappa shape index (κ1) is 16.1. The number of rotatable bonds is 3. The van der Waals surface area contributed by atoms with E-state index in [1.807, 2.05) is 18.2 Å². The summed E-state index contributed by atoms with van der Waals surface area (Å²) in [5.41, 5.74) is 3.42. The van der Waals surface area contributed by atoms with Crippen molar-refractivity contribution < 1.29 is 14.5 Å². The lowest BCUT2D eigenvalue weighted by molar-refractivity contribution is -0.384. The highest BCUT2D eigenvalue weighted by molar-refractivity contribution is 6.52. The molecule has 2 aromatic carbocycles. The Bertz CT molecular complexity index is 980. The first-order valence-corrected chi connectivity index (χ1v) is 8.33. The number of non-ortho nitro benzene ring substituents is 1. The van der Waals surface area contributed by atoms with Crippen LogP contribution in [0, 0.1) is 10.1 Å². The zero-order valence-electron chi connectivity index (χ0n) is 13.8. The highest BCUT2D eigenvalue weighted by Crippen LogP contribution is 2.30. The van der Waals surface area contributed by atoms with Crippen LogP contribution in [0.3, 0.4) is 0 Å². The molecular formula is C19H15N3O4. The Morgan fingerprint density at radius 1 is 1.08 bits per heavy atom. The van der Waals surface area contributed by atoms with Gasteiger partial charge in [0.25, 0.3) is 11.6 Å². The summed E-state index contributed by atoms with van der Waals surface area (Å²) >= 11 is 0. The molecule has 0 spiro atoms. The van der Waals surface area contributed by atoms with Gasteiger partial charge in [-0.3, -0.25) is 25.0 Å². The number of carbonyl (C=O) groups excluding carboxylic acids is 2. The van der Waals surface area contributed by atoms with Crippen molar-refractivity contribution in [2.24, 2.45) is 4.99 Å². The molecule has 1 fully saturated rings. The van der Waals surface area contributed by atoms with E-state index in [2.05, 4.69) is 10.3 Å². The van der Waals surface area contributed by atoms with Crippen molar-refractivity contribution in [3.63, 3.8) is 0 Å². The van der Waals surface area contributed by atoms with Gasteiger partial charge in [-0.25, -0.2) is 4.99 Å². The molecule has 0 radical (unpaired) electrons. The van der Waals surface area contributed by atoms with Crippen LogP contribution >= 0.6 is 0 Å². The fourth-order valence-corrected chi connectivity index (χ4v) is 3.51.